The maximum absolute atomic E-state index is 10.9. The Labute approximate surface area is 90.1 Å². The Morgan fingerprint density at radius 3 is 2.80 bits per heavy atom. The standard InChI is InChI=1S/C12H17NO2/c1-3-4-8-13-11-7-5-6-10(9(11)2)12(14)15/h5-7,13H,3-4,8H2,1-2H3,(H,14,15). The van der Waals surface area contributed by atoms with E-state index < -0.39 is 5.97 Å². The Hall–Kier alpha value is -1.51. The van der Waals surface area contributed by atoms with Gasteiger partial charge in [-0.15, -0.1) is 0 Å². The van der Waals surface area contributed by atoms with Gasteiger partial charge in [-0.1, -0.05) is 19.4 Å². The zero-order valence-corrected chi connectivity index (χ0v) is 9.21. The maximum atomic E-state index is 10.9. The first-order chi connectivity index (χ1) is 7.16. The second-order valence-corrected chi connectivity index (χ2v) is 3.56. The molecule has 0 radical (unpaired) electrons. The monoisotopic (exact) mass is 207 g/mol. The Morgan fingerprint density at radius 2 is 2.20 bits per heavy atom. The van der Waals surface area contributed by atoms with Gasteiger partial charge in [-0.25, -0.2) is 4.79 Å². The lowest BCUT2D eigenvalue weighted by atomic mass is 10.1. The molecular weight excluding hydrogens is 190 g/mol. The van der Waals surface area contributed by atoms with Crippen LogP contribution in [0, 0.1) is 6.92 Å². The number of nitrogens with one attached hydrogen (secondary N) is 1. The molecule has 0 amide bonds. The van der Waals surface area contributed by atoms with Crippen LogP contribution in [0.3, 0.4) is 0 Å². The first-order valence-electron chi connectivity index (χ1n) is 5.23. The molecule has 0 spiro atoms. The zero-order valence-electron chi connectivity index (χ0n) is 9.21. The van der Waals surface area contributed by atoms with Crippen LogP contribution in [0.25, 0.3) is 0 Å². The molecule has 0 unspecified atom stereocenters. The van der Waals surface area contributed by atoms with Gasteiger partial charge in [-0.2, -0.15) is 0 Å². The van der Waals surface area contributed by atoms with E-state index in [-0.39, 0.29) is 0 Å². The first-order valence-corrected chi connectivity index (χ1v) is 5.23. The lowest BCUT2D eigenvalue weighted by molar-refractivity contribution is 0.0696. The second-order valence-electron chi connectivity index (χ2n) is 3.56. The predicted octanol–water partition coefficient (Wildman–Crippen LogP) is 2.91. The highest BCUT2D eigenvalue weighted by atomic mass is 16.4. The van der Waals surface area contributed by atoms with Crippen molar-refractivity contribution in [3.8, 4) is 0 Å². The van der Waals surface area contributed by atoms with Crippen LogP contribution < -0.4 is 5.32 Å². The van der Waals surface area contributed by atoms with E-state index >= 15 is 0 Å². The molecule has 2 N–H and O–H groups in total. The molecule has 0 heterocycles. The fourth-order valence-electron chi connectivity index (χ4n) is 1.46. The molecule has 3 nitrogen and oxygen atoms in total. The second kappa shape index (κ2) is 5.39. The normalized spacial score (nSPS) is 10.0. The van der Waals surface area contributed by atoms with E-state index in [0.29, 0.717) is 5.56 Å². The minimum atomic E-state index is -0.869. The molecule has 0 saturated heterocycles. The number of anilines is 1. The van der Waals surface area contributed by atoms with Crippen molar-refractivity contribution in [2.45, 2.75) is 26.7 Å². The Bertz CT molecular complexity index is 347. The molecule has 0 aliphatic heterocycles. The molecule has 0 fully saturated rings. The van der Waals surface area contributed by atoms with E-state index in [4.69, 9.17) is 5.11 Å². The van der Waals surface area contributed by atoms with Gasteiger partial charge in [0, 0.05) is 12.2 Å². The average molecular weight is 207 g/mol. The molecule has 0 aromatic heterocycles. The van der Waals surface area contributed by atoms with Crippen LogP contribution in [0.15, 0.2) is 18.2 Å². The van der Waals surface area contributed by atoms with Crippen LogP contribution in [0.5, 0.6) is 0 Å². The largest absolute Gasteiger partial charge is 0.478 e. The van der Waals surface area contributed by atoms with Crippen LogP contribution in [0.2, 0.25) is 0 Å². The molecule has 0 atom stereocenters. The van der Waals surface area contributed by atoms with Crippen LogP contribution in [-0.2, 0) is 0 Å². The molecular formula is C12H17NO2. The van der Waals surface area contributed by atoms with E-state index in [9.17, 15) is 4.79 Å². The summed E-state index contributed by atoms with van der Waals surface area (Å²) in [6.45, 7) is 4.85. The Kier molecular flexibility index (Phi) is 4.16. The maximum Gasteiger partial charge on any atom is 0.336 e. The number of carboxylic acid groups (broad SMARTS) is 1. The molecule has 1 aromatic rings. The van der Waals surface area contributed by atoms with E-state index in [2.05, 4.69) is 12.2 Å². The van der Waals surface area contributed by atoms with E-state index in [1.165, 1.54) is 0 Å². The van der Waals surface area contributed by atoms with Crippen molar-refractivity contribution in [2.75, 3.05) is 11.9 Å². The van der Waals surface area contributed by atoms with Gasteiger partial charge in [0.25, 0.3) is 0 Å². The third-order valence-corrected chi connectivity index (χ3v) is 2.41. The van der Waals surface area contributed by atoms with Crippen molar-refractivity contribution in [1.29, 1.82) is 0 Å². The Morgan fingerprint density at radius 1 is 1.47 bits per heavy atom. The topological polar surface area (TPSA) is 49.3 Å². The van der Waals surface area contributed by atoms with Crippen molar-refractivity contribution in [1.82, 2.24) is 0 Å². The average Bonchev–Trinajstić information content (AvgIpc) is 2.20. The van der Waals surface area contributed by atoms with Crippen molar-refractivity contribution >= 4 is 11.7 Å². The van der Waals surface area contributed by atoms with Crippen molar-refractivity contribution in [2.24, 2.45) is 0 Å². The summed E-state index contributed by atoms with van der Waals surface area (Å²) in [5.41, 5.74) is 2.10. The highest BCUT2D eigenvalue weighted by molar-refractivity contribution is 5.91. The minimum Gasteiger partial charge on any atom is -0.478 e. The van der Waals surface area contributed by atoms with Crippen LogP contribution in [0.4, 0.5) is 5.69 Å². The number of aromatic carboxylic acids is 1. The van der Waals surface area contributed by atoms with Gasteiger partial charge in [-0.3, -0.25) is 0 Å². The third kappa shape index (κ3) is 2.98. The van der Waals surface area contributed by atoms with Crippen LogP contribution in [-0.4, -0.2) is 17.6 Å². The van der Waals surface area contributed by atoms with Crippen LogP contribution >= 0.6 is 0 Å². The number of unbranched alkanes of at least 4 members (excludes halogenated alkanes) is 1. The van der Waals surface area contributed by atoms with Crippen molar-refractivity contribution < 1.29 is 9.90 Å². The number of carboxylic acids is 1. The molecule has 0 saturated carbocycles. The third-order valence-electron chi connectivity index (χ3n) is 2.41. The molecule has 15 heavy (non-hydrogen) atoms. The van der Waals surface area contributed by atoms with Gasteiger partial charge in [0.1, 0.15) is 0 Å². The summed E-state index contributed by atoms with van der Waals surface area (Å²) >= 11 is 0. The number of benzene rings is 1. The van der Waals surface area contributed by atoms with Crippen LogP contribution in [0.1, 0.15) is 35.7 Å². The summed E-state index contributed by atoms with van der Waals surface area (Å²) < 4.78 is 0. The number of carbonyl (C=O) groups is 1. The molecule has 3 heteroatoms. The fourth-order valence-corrected chi connectivity index (χ4v) is 1.46. The van der Waals surface area contributed by atoms with Gasteiger partial charge in [0.2, 0.25) is 0 Å². The van der Waals surface area contributed by atoms with Gasteiger partial charge < -0.3 is 10.4 Å². The van der Waals surface area contributed by atoms with Crippen molar-refractivity contribution in [3.63, 3.8) is 0 Å². The molecule has 1 aromatic carbocycles. The highest BCUT2D eigenvalue weighted by Gasteiger charge is 2.08. The van der Waals surface area contributed by atoms with E-state index in [1.54, 1.807) is 12.1 Å². The van der Waals surface area contributed by atoms with Gasteiger partial charge in [-0.05, 0) is 31.0 Å². The molecule has 1 rings (SSSR count). The molecule has 0 aliphatic carbocycles. The number of rotatable bonds is 5. The number of hydrogen-bond donors (Lipinski definition) is 2. The first kappa shape index (κ1) is 11.6. The van der Waals surface area contributed by atoms with Gasteiger partial charge in [0.05, 0.1) is 5.56 Å². The minimum absolute atomic E-state index is 0.372. The van der Waals surface area contributed by atoms with Gasteiger partial charge in [0.15, 0.2) is 0 Å². The summed E-state index contributed by atoms with van der Waals surface area (Å²) in [7, 11) is 0. The quantitative estimate of drug-likeness (QED) is 0.730. The lowest BCUT2D eigenvalue weighted by Gasteiger charge is -2.10. The van der Waals surface area contributed by atoms with Crippen molar-refractivity contribution in [3.05, 3.63) is 29.3 Å². The summed E-state index contributed by atoms with van der Waals surface area (Å²) in [5, 5.41) is 12.2. The predicted molar refractivity (Wildman–Crippen MR) is 61.5 cm³/mol. The lowest BCUT2D eigenvalue weighted by Crippen LogP contribution is -2.06. The summed E-state index contributed by atoms with van der Waals surface area (Å²) in [5.74, 6) is -0.869. The molecule has 0 aliphatic rings. The highest BCUT2D eigenvalue weighted by Crippen LogP contribution is 2.18. The zero-order chi connectivity index (χ0) is 11.3. The summed E-state index contributed by atoms with van der Waals surface area (Å²) in [4.78, 5) is 10.9. The van der Waals surface area contributed by atoms with Gasteiger partial charge >= 0.3 is 5.97 Å². The fraction of sp³-hybridized carbons (Fsp3) is 0.417. The van der Waals surface area contributed by atoms with E-state index in [1.807, 2.05) is 13.0 Å². The Balaban J connectivity index is 2.80. The summed E-state index contributed by atoms with van der Waals surface area (Å²) in [6.07, 6.45) is 2.22. The SMILES string of the molecule is CCCCNc1cccc(C(=O)O)c1C. The summed E-state index contributed by atoms with van der Waals surface area (Å²) in [6, 6.07) is 5.31. The molecule has 82 valence electrons. The number of hydrogen-bond acceptors (Lipinski definition) is 2. The smallest absolute Gasteiger partial charge is 0.336 e. The van der Waals surface area contributed by atoms with E-state index in [0.717, 1.165) is 30.6 Å². The molecule has 0 bridgehead atoms.